The summed E-state index contributed by atoms with van der Waals surface area (Å²) in [5, 5.41) is 14.9. The highest BCUT2D eigenvalue weighted by atomic mass is 19.1. The molecule has 0 aliphatic heterocycles. The standard InChI is InChI=1S/C16H12F3N3O3/c1-8(12-3-2-4-13(19)14(12)15(23)24)21-22-16(25)20-11-6-9(17)5-10(18)7-11/h2-7H,1H3,(H,23,24)(H2,20,22,25). The molecular formula is C16H12F3N3O3. The van der Waals surface area contributed by atoms with Crippen LogP contribution in [0.2, 0.25) is 0 Å². The minimum Gasteiger partial charge on any atom is -0.478 e. The van der Waals surface area contributed by atoms with Crippen LogP contribution in [-0.2, 0) is 0 Å². The van der Waals surface area contributed by atoms with Crippen molar-refractivity contribution in [2.24, 2.45) is 5.10 Å². The topological polar surface area (TPSA) is 90.8 Å². The number of hydrogen-bond donors (Lipinski definition) is 3. The lowest BCUT2D eigenvalue weighted by Crippen LogP contribution is -2.25. The molecule has 2 aromatic rings. The van der Waals surface area contributed by atoms with Crippen molar-refractivity contribution in [2.75, 3.05) is 5.32 Å². The number of hydrazone groups is 1. The number of nitrogens with zero attached hydrogens (tertiary/aromatic N) is 1. The van der Waals surface area contributed by atoms with Crippen LogP contribution in [0, 0.1) is 17.5 Å². The zero-order valence-electron chi connectivity index (χ0n) is 12.8. The van der Waals surface area contributed by atoms with E-state index >= 15 is 0 Å². The number of carboxylic acids is 1. The molecule has 3 N–H and O–H groups in total. The molecule has 0 saturated carbocycles. The summed E-state index contributed by atoms with van der Waals surface area (Å²) >= 11 is 0. The van der Waals surface area contributed by atoms with Crippen molar-refractivity contribution in [3.05, 3.63) is 65.0 Å². The van der Waals surface area contributed by atoms with E-state index in [1.807, 2.05) is 5.43 Å². The number of benzene rings is 2. The number of anilines is 1. The molecule has 0 unspecified atom stereocenters. The zero-order valence-corrected chi connectivity index (χ0v) is 12.8. The summed E-state index contributed by atoms with van der Waals surface area (Å²) in [6.07, 6.45) is 0. The van der Waals surface area contributed by atoms with Crippen molar-refractivity contribution in [3.63, 3.8) is 0 Å². The Labute approximate surface area is 140 Å². The Balaban J connectivity index is 2.15. The molecular weight excluding hydrogens is 339 g/mol. The predicted octanol–water partition coefficient (Wildman–Crippen LogP) is 3.35. The fraction of sp³-hybridized carbons (Fsp3) is 0.0625. The van der Waals surface area contributed by atoms with Gasteiger partial charge >= 0.3 is 12.0 Å². The van der Waals surface area contributed by atoms with Crippen LogP contribution < -0.4 is 10.7 Å². The molecule has 0 aliphatic rings. The van der Waals surface area contributed by atoms with Gasteiger partial charge in [0.05, 0.1) is 5.71 Å². The first-order valence-corrected chi connectivity index (χ1v) is 6.87. The first-order valence-electron chi connectivity index (χ1n) is 6.87. The molecule has 0 spiro atoms. The van der Waals surface area contributed by atoms with E-state index in [0.29, 0.717) is 6.07 Å². The van der Waals surface area contributed by atoms with E-state index in [1.165, 1.54) is 19.1 Å². The lowest BCUT2D eigenvalue weighted by molar-refractivity contribution is 0.0691. The second-order valence-electron chi connectivity index (χ2n) is 4.89. The third-order valence-electron chi connectivity index (χ3n) is 3.06. The Morgan fingerprint density at radius 1 is 1.08 bits per heavy atom. The number of carbonyl (C=O) groups is 2. The van der Waals surface area contributed by atoms with Crippen molar-refractivity contribution in [1.82, 2.24) is 5.43 Å². The van der Waals surface area contributed by atoms with Gasteiger partial charge in [0.2, 0.25) is 0 Å². The molecule has 2 amide bonds. The summed E-state index contributed by atoms with van der Waals surface area (Å²) < 4.78 is 39.7. The van der Waals surface area contributed by atoms with Crippen molar-refractivity contribution < 1.29 is 27.9 Å². The second-order valence-corrected chi connectivity index (χ2v) is 4.89. The highest BCUT2D eigenvalue weighted by molar-refractivity contribution is 6.07. The molecule has 2 aromatic carbocycles. The lowest BCUT2D eigenvalue weighted by atomic mass is 10.0. The molecule has 2 rings (SSSR count). The third-order valence-corrected chi connectivity index (χ3v) is 3.06. The summed E-state index contributed by atoms with van der Waals surface area (Å²) in [7, 11) is 0. The largest absolute Gasteiger partial charge is 0.478 e. The number of rotatable bonds is 4. The maximum Gasteiger partial charge on any atom is 0.339 e. The van der Waals surface area contributed by atoms with Crippen LogP contribution in [0.25, 0.3) is 0 Å². The van der Waals surface area contributed by atoms with Gasteiger partial charge < -0.3 is 10.4 Å². The highest BCUT2D eigenvalue weighted by Crippen LogP contribution is 2.15. The van der Waals surface area contributed by atoms with Gasteiger partial charge in [-0.25, -0.2) is 28.2 Å². The minimum atomic E-state index is -1.48. The van der Waals surface area contributed by atoms with Crippen LogP contribution >= 0.6 is 0 Å². The highest BCUT2D eigenvalue weighted by Gasteiger charge is 2.17. The maximum absolute atomic E-state index is 13.6. The number of nitrogens with one attached hydrogen (secondary N) is 2. The van der Waals surface area contributed by atoms with Gasteiger partial charge in [0.25, 0.3) is 0 Å². The first kappa shape index (κ1) is 18.0. The smallest absolute Gasteiger partial charge is 0.339 e. The van der Waals surface area contributed by atoms with E-state index in [4.69, 9.17) is 5.11 Å². The minimum absolute atomic E-state index is 0.0235. The van der Waals surface area contributed by atoms with Gasteiger partial charge in [-0.15, -0.1) is 0 Å². The molecule has 0 heterocycles. The van der Waals surface area contributed by atoms with Crippen molar-refractivity contribution in [1.29, 1.82) is 0 Å². The van der Waals surface area contributed by atoms with Crippen molar-refractivity contribution in [2.45, 2.75) is 6.92 Å². The molecule has 130 valence electrons. The predicted molar refractivity (Wildman–Crippen MR) is 84.1 cm³/mol. The van der Waals surface area contributed by atoms with E-state index in [9.17, 15) is 22.8 Å². The Kier molecular flexibility index (Phi) is 5.38. The Morgan fingerprint density at radius 3 is 2.32 bits per heavy atom. The lowest BCUT2D eigenvalue weighted by Gasteiger charge is -2.08. The molecule has 0 fully saturated rings. The summed E-state index contributed by atoms with van der Waals surface area (Å²) in [4.78, 5) is 22.8. The monoisotopic (exact) mass is 351 g/mol. The molecule has 0 aliphatic carbocycles. The quantitative estimate of drug-likeness (QED) is 0.583. The van der Waals surface area contributed by atoms with E-state index in [1.54, 1.807) is 0 Å². The average molecular weight is 351 g/mol. The first-order chi connectivity index (χ1) is 11.8. The van der Waals surface area contributed by atoms with Crippen molar-refractivity contribution >= 4 is 23.4 Å². The molecule has 0 bridgehead atoms. The number of carboxylic acid groups (broad SMARTS) is 1. The Morgan fingerprint density at radius 2 is 1.72 bits per heavy atom. The van der Waals surface area contributed by atoms with Crippen LogP contribution in [0.4, 0.5) is 23.7 Å². The third kappa shape index (κ3) is 4.56. The molecule has 9 heteroatoms. The van der Waals surface area contributed by atoms with Gasteiger partial charge in [-0.2, -0.15) is 5.10 Å². The van der Waals surface area contributed by atoms with Gasteiger partial charge in [0.15, 0.2) is 0 Å². The summed E-state index contributed by atoms with van der Waals surface area (Å²) in [5.74, 6) is -4.18. The van der Waals surface area contributed by atoms with Crippen LogP contribution in [0.3, 0.4) is 0 Å². The number of halogens is 3. The van der Waals surface area contributed by atoms with Gasteiger partial charge in [-0.3, -0.25) is 0 Å². The molecule has 0 atom stereocenters. The molecule has 6 nitrogen and oxygen atoms in total. The van der Waals surface area contributed by atoms with E-state index in [2.05, 4.69) is 10.4 Å². The Bertz CT molecular complexity index is 849. The second kappa shape index (κ2) is 7.47. The number of amides is 2. The Hall–Kier alpha value is -3.36. The number of hydrogen-bond acceptors (Lipinski definition) is 3. The van der Waals surface area contributed by atoms with Crippen LogP contribution in [-0.4, -0.2) is 22.8 Å². The molecule has 0 saturated heterocycles. The summed E-state index contributed by atoms with van der Waals surface area (Å²) in [6, 6.07) is 5.13. The number of urea groups is 1. The van der Waals surface area contributed by atoms with Crippen molar-refractivity contribution in [3.8, 4) is 0 Å². The molecule has 25 heavy (non-hydrogen) atoms. The molecule has 0 aromatic heterocycles. The normalized spacial score (nSPS) is 11.1. The molecule has 0 radical (unpaired) electrons. The van der Waals surface area contributed by atoms with Gasteiger partial charge in [0, 0.05) is 17.3 Å². The van der Waals surface area contributed by atoms with E-state index in [-0.39, 0.29) is 17.0 Å². The van der Waals surface area contributed by atoms with Crippen LogP contribution in [0.5, 0.6) is 0 Å². The summed E-state index contributed by atoms with van der Waals surface area (Å²) in [5.41, 5.74) is 1.31. The zero-order chi connectivity index (χ0) is 18.6. The van der Waals surface area contributed by atoms with Crippen LogP contribution in [0.1, 0.15) is 22.8 Å². The average Bonchev–Trinajstić information content (AvgIpc) is 2.50. The fourth-order valence-electron chi connectivity index (χ4n) is 2.02. The van der Waals surface area contributed by atoms with Gasteiger partial charge in [-0.05, 0) is 25.1 Å². The van der Waals surface area contributed by atoms with Crippen LogP contribution in [0.15, 0.2) is 41.5 Å². The maximum atomic E-state index is 13.6. The summed E-state index contributed by atoms with van der Waals surface area (Å²) in [6.45, 7) is 1.36. The van der Waals surface area contributed by atoms with E-state index < -0.39 is 35.0 Å². The van der Waals surface area contributed by atoms with E-state index in [0.717, 1.165) is 18.2 Å². The van der Waals surface area contributed by atoms with Gasteiger partial charge in [-0.1, -0.05) is 12.1 Å². The van der Waals surface area contributed by atoms with Gasteiger partial charge in [0.1, 0.15) is 23.0 Å². The fourth-order valence-corrected chi connectivity index (χ4v) is 2.02. The number of aromatic carboxylic acids is 1. The number of carbonyl (C=O) groups excluding carboxylic acids is 1. The SMILES string of the molecule is CC(=NNC(=O)Nc1cc(F)cc(F)c1)c1cccc(F)c1C(=O)O.